The maximum atomic E-state index is 4.32. The Kier molecular flexibility index (Phi) is 3.15. The largest absolute Gasteiger partial charge is 0.344 e. The topological polar surface area (TPSA) is 53.1 Å². The van der Waals surface area contributed by atoms with E-state index in [1.54, 1.807) is 34.3 Å². The van der Waals surface area contributed by atoms with Gasteiger partial charge in [0.2, 0.25) is 0 Å². The summed E-state index contributed by atoms with van der Waals surface area (Å²) in [6.07, 6.45) is 5.25. The molecule has 4 nitrogen and oxygen atoms in total. The highest BCUT2D eigenvalue weighted by atomic mass is 33.1. The van der Waals surface area contributed by atoms with Crippen LogP contribution in [-0.2, 0) is 0 Å². The van der Waals surface area contributed by atoms with Crippen LogP contribution in [-0.4, -0.2) is 22.1 Å². The van der Waals surface area contributed by atoms with E-state index < -0.39 is 0 Å². The summed E-state index contributed by atoms with van der Waals surface area (Å²) >= 11 is 0. The van der Waals surface area contributed by atoms with Crippen molar-refractivity contribution >= 4 is 33.7 Å². The number of hydrogen-bond acceptors (Lipinski definition) is 5. The molecule has 0 saturated heterocycles. The Morgan fingerprint density at radius 2 is 2.57 bits per heavy atom. The lowest BCUT2D eigenvalue weighted by molar-refractivity contribution is 0.982. The van der Waals surface area contributed by atoms with Crippen molar-refractivity contribution in [1.29, 1.82) is 0 Å². The number of nitrogens with zero attached hydrogens (tertiary/aromatic N) is 2. The summed E-state index contributed by atoms with van der Waals surface area (Å²) in [6, 6.07) is 0. The molecule has 2 rings (SSSR count). The second-order valence-electron chi connectivity index (χ2n) is 2.61. The summed E-state index contributed by atoms with van der Waals surface area (Å²) in [6.45, 7) is 3.67. The fourth-order valence-corrected chi connectivity index (χ4v) is 3.11. The van der Waals surface area contributed by atoms with Gasteiger partial charge < -0.3 is 10.3 Å². The van der Waals surface area contributed by atoms with E-state index in [2.05, 4.69) is 26.9 Å². The van der Waals surface area contributed by atoms with Crippen LogP contribution in [0.25, 0.3) is 0 Å². The average Bonchev–Trinajstić information content (AvgIpc) is 2.67. The van der Waals surface area contributed by atoms with E-state index in [0.29, 0.717) is 0 Å². The summed E-state index contributed by atoms with van der Waals surface area (Å²) in [5.74, 6) is 1.80. The Labute approximate surface area is 90.1 Å². The van der Waals surface area contributed by atoms with E-state index in [4.69, 9.17) is 0 Å². The first-order valence-corrected chi connectivity index (χ1v) is 6.50. The molecule has 1 unspecified atom stereocenters. The highest BCUT2D eigenvalue weighted by molar-refractivity contribution is 8.76. The maximum absolute atomic E-state index is 4.32. The lowest BCUT2D eigenvalue weighted by Gasteiger charge is -2.14. The molecule has 2 heterocycles. The molecule has 0 radical (unpaired) electrons. The molecule has 1 aliphatic rings. The van der Waals surface area contributed by atoms with Crippen molar-refractivity contribution in [3.8, 4) is 0 Å². The van der Waals surface area contributed by atoms with Gasteiger partial charge in [-0.3, -0.25) is 4.99 Å². The van der Waals surface area contributed by atoms with Crippen LogP contribution < -0.4 is 5.32 Å². The average molecular weight is 226 g/mol. The third-order valence-electron chi connectivity index (χ3n) is 1.67. The molecule has 1 atom stereocenters. The Hall–Kier alpha value is -0.880. The number of aliphatic imine (C=N–C) groups is 1. The first-order chi connectivity index (χ1) is 6.92. The van der Waals surface area contributed by atoms with Crippen LogP contribution in [0.2, 0.25) is 0 Å². The van der Waals surface area contributed by atoms with Crippen LogP contribution >= 0.6 is 21.6 Å². The molecular formula is C8H10N4S2. The minimum Gasteiger partial charge on any atom is -0.344 e. The first kappa shape index (κ1) is 9.67. The van der Waals surface area contributed by atoms with E-state index in [9.17, 15) is 0 Å². The number of imidazole rings is 1. The highest BCUT2D eigenvalue weighted by Gasteiger charge is 2.19. The number of aromatic amines is 1. The second-order valence-corrected chi connectivity index (χ2v) is 5.10. The first-order valence-electron chi connectivity index (χ1n) is 4.12. The Bertz CT molecular complexity index is 347. The quantitative estimate of drug-likeness (QED) is 0.470. The molecule has 0 fully saturated rings. The van der Waals surface area contributed by atoms with E-state index in [1.165, 1.54) is 0 Å². The van der Waals surface area contributed by atoms with Crippen molar-refractivity contribution in [3.63, 3.8) is 0 Å². The SMILES string of the molecule is C=CCSSC1N=CNc2nc[nH]c21. The van der Waals surface area contributed by atoms with Crippen LogP contribution in [0.15, 0.2) is 24.0 Å². The van der Waals surface area contributed by atoms with Gasteiger partial charge >= 0.3 is 0 Å². The number of H-pyrrole nitrogens is 1. The molecule has 1 aliphatic heterocycles. The normalized spacial score (nSPS) is 18.7. The van der Waals surface area contributed by atoms with Gasteiger partial charge in [-0.15, -0.1) is 6.58 Å². The van der Waals surface area contributed by atoms with Gasteiger partial charge in [-0.25, -0.2) is 4.98 Å². The van der Waals surface area contributed by atoms with E-state index in [0.717, 1.165) is 17.3 Å². The number of fused-ring (bicyclic) bond motifs is 1. The summed E-state index contributed by atoms with van der Waals surface area (Å²) in [7, 11) is 3.44. The number of anilines is 1. The third-order valence-corrected chi connectivity index (χ3v) is 4.08. The lowest BCUT2D eigenvalue weighted by Crippen LogP contribution is -2.07. The molecule has 0 saturated carbocycles. The number of hydrogen-bond donors (Lipinski definition) is 2. The summed E-state index contributed by atoms with van der Waals surface area (Å²) in [4.78, 5) is 11.5. The Morgan fingerprint density at radius 1 is 1.64 bits per heavy atom. The number of aromatic nitrogens is 2. The van der Waals surface area contributed by atoms with Crippen LogP contribution in [0.5, 0.6) is 0 Å². The molecule has 1 aromatic heterocycles. The molecule has 14 heavy (non-hydrogen) atoms. The molecule has 0 spiro atoms. The molecule has 0 aliphatic carbocycles. The van der Waals surface area contributed by atoms with E-state index in [-0.39, 0.29) is 5.37 Å². The maximum Gasteiger partial charge on any atom is 0.155 e. The monoisotopic (exact) mass is 226 g/mol. The molecular weight excluding hydrogens is 216 g/mol. The summed E-state index contributed by atoms with van der Waals surface area (Å²) in [5.41, 5.74) is 1.04. The molecule has 0 amide bonds. The van der Waals surface area contributed by atoms with Crippen LogP contribution in [0.4, 0.5) is 5.82 Å². The fraction of sp³-hybridized carbons (Fsp3) is 0.250. The molecule has 2 N–H and O–H groups in total. The van der Waals surface area contributed by atoms with E-state index >= 15 is 0 Å². The Morgan fingerprint density at radius 3 is 3.43 bits per heavy atom. The highest BCUT2D eigenvalue weighted by Crippen LogP contribution is 2.41. The van der Waals surface area contributed by atoms with Crippen molar-refractivity contribution < 1.29 is 0 Å². The van der Waals surface area contributed by atoms with Crippen LogP contribution in [0.1, 0.15) is 11.1 Å². The van der Waals surface area contributed by atoms with Gasteiger partial charge in [0.15, 0.2) is 11.2 Å². The zero-order chi connectivity index (χ0) is 9.80. The lowest BCUT2D eigenvalue weighted by atomic mass is 10.4. The smallest absolute Gasteiger partial charge is 0.155 e. The van der Waals surface area contributed by atoms with Gasteiger partial charge in [-0.05, 0) is 0 Å². The second kappa shape index (κ2) is 4.56. The van der Waals surface area contributed by atoms with Gasteiger partial charge in [0.05, 0.1) is 18.4 Å². The van der Waals surface area contributed by atoms with Gasteiger partial charge in [-0.2, -0.15) is 0 Å². The molecule has 1 aromatic rings. The van der Waals surface area contributed by atoms with Gasteiger partial charge in [0, 0.05) is 5.75 Å². The summed E-state index contributed by atoms with van der Waals surface area (Å²) < 4.78 is 0. The minimum absolute atomic E-state index is 0.110. The standard InChI is InChI=1S/C8H10N4S2/c1-2-3-13-14-8-6-7(10-4-9-6)11-5-12-8/h2,4-5,8H,1,3H2,(H,9,10)(H,11,12). The predicted molar refractivity (Wildman–Crippen MR) is 63.7 cm³/mol. The minimum atomic E-state index is 0.110. The van der Waals surface area contributed by atoms with Crippen molar-refractivity contribution in [2.45, 2.75) is 5.37 Å². The molecule has 74 valence electrons. The predicted octanol–water partition coefficient (Wildman–Crippen LogP) is 2.43. The molecule has 0 bridgehead atoms. The van der Waals surface area contributed by atoms with Gasteiger partial charge in [0.1, 0.15) is 0 Å². The van der Waals surface area contributed by atoms with Crippen molar-refractivity contribution in [2.24, 2.45) is 4.99 Å². The van der Waals surface area contributed by atoms with Crippen molar-refractivity contribution in [2.75, 3.05) is 11.1 Å². The molecule has 0 aromatic carbocycles. The fourth-order valence-electron chi connectivity index (χ4n) is 1.07. The zero-order valence-electron chi connectivity index (χ0n) is 7.43. The molecule has 6 heteroatoms. The van der Waals surface area contributed by atoms with Crippen LogP contribution in [0, 0.1) is 0 Å². The van der Waals surface area contributed by atoms with Crippen LogP contribution in [0.3, 0.4) is 0 Å². The van der Waals surface area contributed by atoms with Crippen molar-refractivity contribution in [3.05, 3.63) is 24.7 Å². The van der Waals surface area contributed by atoms with E-state index in [1.807, 2.05) is 6.08 Å². The summed E-state index contributed by atoms with van der Waals surface area (Å²) in [5, 5.41) is 3.10. The van der Waals surface area contributed by atoms with Gasteiger partial charge in [0.25, 0.3) is 0 Å². The third kappa shape index (κ3) is 1.96. The Balaban J connectivity index is 2.01. The van der Waals surface area contributed by atoms with Crippen molar-refractivity contribution in [1.82, 2.24) is 9.97 Å². The van der Waals surface area contributed by atoms with Gasteiger partial charge in [-0.1, -0.05) is 27.7 Å². The zero-order valence-corrected chi connectivity index (χ0v) is 9.07. The number of rotatable bonds is 4. The number of nitrogens with one attached hydrogen (secondary N) is 2.